The van der Waals surface area contributed by atoms with E-state index in [0.29, 0.717) is 12.4 Å². The topological polar surface area (TPSA) is 35.5 Å². The first-order valence-electron chi connectivity index (χ1n) is 5.63. The van der Waals surface area contributed by atoms with Crippen LogP contribution in [0.2, 0.25) is 0 Å². The SMILES string of the molecule is CCCOC(=O)COc1ccc(CC)cc1. The van der Waals surface area contributed by atoms with Gasteiger partial charge in [-0.05, 0) is 30.5 Å². The molecular weight excluding hydrogens is 204 g/mol. The van der Waals surface area contributed by atoms with Crippen molar-refractivity contribution in [1.82, 2.24) is 0 Å². The quantitative estimate of drug-likeness (QED) is 0.694. The number of hydrogen-bond donors (Lipinski definition) is 0. The van der Waals surface area contributed by atoms with Gasteiger partial charge in [-0.1, -0.05) is 26.0 Å². The molecule has 1 aromatic rings. The van der Waals surface area contributed by atoms with E-state index in [-0.39, 0.29) is 12.6 Å². The van der Waals surface area contributed by atoms with E-state index in [1.807, 2.05) is 31.2 Å². The number of hydrogen-bond acceptors (Lipinski definition) is 3. The van der Waals surface area contributed by atoms with Gasteiger partial charge in [0, 0.05) is 0 Å². The standard InChI is InChI=1S/C13H18O3/c1-3-9-15-13(14)10-16-12-7-5-11(4-2)6-8-12/h5-8H,3-4,9-10H2,1-2H3. The van der Waals surface area contributed by atoms with Crippen LogP contribution in [-0.2, 0) is 16.0 Å². The molecule has 0 aliphatic carbocycles. The van der Waals surface area contributed by atoms with Crippen LogP contribution in [0.15, 0.2) is 24.3 Å². The Hall–Kier alpha value is -1.51. The normalized spacial score (nSPS) is 9.88. The van der Waals surface area contributed by atoms with Gasteiger partial charge in [-0.25, -0.2) is 4.79 Å². The molecular formula is C13H18O3. The Morgan fingerprint density at radius 1 is 1.19 bits per heavy atom. The van der Waals surface area contributed by atoms with E-state index in [2.05, 4.69) is 6.92 Å². The Bertz CT molecular complexity index is 316. The van der Waals surface area contributed by atoms with Crippen molar-refractivity contribution < 1.29 is 14.3 Å². The number of carbonyl (C=O) groups is 1. The first kappa shape index (κ1) is 12.6. The number of aryl methyl sites for hydroxylation is 1. The molecule has 0 saturated carbocycles. The van der Waals surface area contributed by atoms with Crippen molar-refractivity contribution >= 4 is 5.97 Å². The highest BCUT2D eigenvalue weighted by Gasteiger charge is 2.03. The number of ether oxygens (including phenoxy) is 2. The van der Waals surface area contributed by atoms with Crippen molar-refractivity contribution in [2.75, 3.05) is 13.2 Å². The molecule has 3 heteroatoms. The molecule has 1 aromatic carbocycles. The zero-order valence-corrected chi connectivity index (χ0v) is 9.86. The molecule has 0 radical (unpaired) electrons. The summed E-state index contributed by atoms with van der Waals surface area (Å²) in [7, 11) is 0. The van der Waals surface area contributed by atoms with Gasteiger partial charge in [-0.15, -0.1) is 0 Å². The summed E-state index contributed by atoms with van der Waals surface area (Å²) in [6, 6.07) is 7.72. The highest BCUT2D eigenvalue weighted by atomic mass is 16.6. The zero-order valence-electron chi connectivity index (χ0n) is 9.86. The molecule has 0 heterocycles. The summed E-state index contributed by atoms with van der Waals surface area (Å²) in [6.07, 6.45) is 1.83. The minimum atomic E-state index is -0.318. The van der Waals surface area contributed by atoms with E-state index in [0.717, 1.165) is 12.8 Å². The molecule has 0 aromatic heterocycles. The van der Waals surface area contributed by atoms with Crippen molar-refractivity contribution in [1.29, 1.82) is 0 Å². The molecule has 0 amide bonds. The van der Waals surface area contributed by atoms with E-state index in [1.54, 1.807) is 0 Å². The van der Waals surface area contributed by atoms with Crippen LogP contribution in [0.3, 0.4) is 0 Å². The molecule has 0 bridgehead atoms. The Morgan fingerprint density at radius 3 is 2.44 bits per heavy atom. The second kappa shape index (κ2) is 6.88. The predicted octanol–water partition coefficient (Wildman–Crippen LogP) is 2.58. The van der Waals surface area contributed by atoms with Gasteiger partial charge in [0.15, 0.2) is 6.61 Å². The van der Waals surface area contributed by atoms with E-state index >= 15 is 0 Å². The van der Waals surface area contributed by atoms with Crippen LogP contribution in [0, 0.1) is 0 Å². The van der Waals surface area contributed by atoms with Crippen LogP contribution in [-0.4, -0.2) is 19.2 Å². The van der Waals surface area contributed by atoms with E-state index in [1.165, 1.54) is 5.56 Å². The number of benzene rings is 1. The zero-order chi connectivity index (χ0) is 11.8. The molecule has 0 saturated heterocycles. The minimum Gasteiger partial charge on any atom is -0.482 e. The molecule has 0 atom stereocenters. The summed E-state index contributed by atoms with van der Waals surface area (Å²) in [4.78, 5) is 11.2. The van der Waals surface area contributed by atoms with Crippen molar-refractivity contribution in [2.24, 2.45) is 0 Å². The van der Waals surface area contributed by atoms with Crippen molar-refractivity contribution in [3.05, 3.63) is 29.8 Å². The van der Waals surface area contributed by atoms with E-state index in [4.69, 9.17) is 9.47 Å². The van der Waals surface area contributed by atoms with E-state index in [9.17, 15) is 4.79 Å². The third kappa shape index (κ3) is 4.34. The van der Waals surface area contributed by atoms with Gasteiger partial charge in [0.25, 0.3) is 0 Å². The minimum absolute atomic E-state index is 0.0223. The van der Waals surface area contributed by atoms with Gasteiger partial charge in [0.05, 0.1) is 6.61 Å². The maximum absolute atomic E-state index is 11.2. The van der Waals surface area contributed by atoms with Crippen LogP contribution < -0.4 is 4.74 Å². The second-order valence-electron chi connectivity index (χ2n) is 3.51. The molecule has 16 heavy (non-hydrogen) atoms. The molecule has 0 N–H and O–H groups in total. The molecule has 0 spiro atoms. The average molecular weight is 222 g/mol. The van der Waals surface area contributed by atoms with Crippen molar-refractivity contribution in [2.45, 2.75) is 26.7 Å². The summed E-state index contributed by atoms with van der Waals surface area (Å²) >= 11 is 0. The maximum Gasteiger partial charge on any atom is 0.344 e. The molecule has 0 aliphatic heterocycles. The number of esters is 1. The Balaban J connectivity index is 2.33. The average Bonchev–Trinajstić information content (AvgIpc) is 2.34. The first-order chi connectivity index (χ1) is 7.76. The van der Waals surface area contributed by atoms with Crippen molar-refractivity contribution in [3.8, 4) is 5.75 Å². The summed E-state index contributed by atoms with van der Waals surface area (Å²) in [5.41, 5.74) is 1.25. The number of carbonyl (C=O) groups excluding carboxylic acids is 1. The molecule has 3 nitrogen and oxygen atoms in total. The molecule has 0 fully saturated rings. The fraction of sp³-hybridized carbons (Fsp3) is 0.462. The van der Waals surface area contributed by atoms with Crippen LogP contribution in [0.4, 0.5) is 0 Å². The lowest BCUT2D eigenvalue weighted by Crippen LogP contribution is -2.15. The lowest BCUT2D eigenvalue weighted by Gasteiger charge is -2.06. The van der Waals surface area contributed by atoms with Crippen LogP contribution >= 0.6 is 0 Å². The maximum atomic E-state index is 11.2. The van der Waals surface area contributed by atoms with Crippen LogP contribution in [0.1, 0.15) is 25.8 Å². The molecule has 0 unspecified atom stereocenters. The molecule has 0 aliphatic rings. The van der Waals surface area contributed by atoms with E-state index < -0.39 is 0 Å². The van der Waals surface area contributed by atoms with Crippen molar-refractivity contribution in [3.63, 3.8) is 0 Å². The second-order valence-corrected chi connectivity index (χ2v) is 3.51. The Labute approximate surface area is 96.4 Å². The Morgan fingerprint density at radius 2 is 1.88 bits per heavy atom. The van der Waals surface area contributed by atoms with Gasteiger partial charge in [-0.3, -0.25) is 0 Å². The lowest BCUT2D eigenvalue weighted by atomic mass is 10.2. The third-order valence-corrected chi connectivity index (χ3v) is 2.16. The largest absolute Gasteiger partial charge is 0.482 e. The predicted molar refractivity (Wildman–Crippen MR) is 62.6 cm³/mol. The molecule has 1 rings (SSSR count). The summed E-state index contributed by atoms with van der Waals surface area (Å²) in [6.45, 7) is 4.48. The van der Waals surface area contributed by atoms with Gasteiger partial charge >= 0.3 is 5.97 Å². The summed E-state index contributed by atoms with van der Waals surface area (Å²) in [5.74, 6) is 0.382. The first-order valence-corrected chi connectivity index (χ1v) is 5.63. The third-order valence-electron chi connectivity index (χ3n) is 2.16. The van der Waals surface area contributed by atoms with Gasteiger partial charge in [0.1, 0.15) is 5.75 Å². The van der Waals surface area contributed by atoms with Gasteiger partial charge in [0.2, 0.25) is 0 Å². The fourth-order valence-electron chi connectivity index (χ4n) is 1.22. The van der Waals surface area contributed by atoms with Gasteiger partial charge < -0.3 is 9.47 Å². The monoisotopic (exact) mass is 222 g/mol. The highest BCUT2D eigenvalue weighted by molar-refractivity contribution is 5.71. The fourth-order valence-corrected chi connectivity index (χ4v) is 1.22. The van der Waals surface area contributed by atoms with Gasteiger partial charge in [-0.2, -0.15) is 0 Å². The van der Waals surface area contributed by atoms with Crippen LogP contribution in [0.5, 0.6) is 5.75 Å². The summed E-state index contributed by atoms with van der Waals surface area (Å²) < 4.78 is 10.2. The smallest absolute Gasteiger partial charge is 0.344 e. The Kier molecular flexibility index (Phi) is 5.40. The summed E-state index contributed by atoms with van der Waals surface area (Å²) in [5, 5.41) is 0. The lowest BCUT2D eigenvalue weighted by molar-refractivity contribution is -0.146. The number of rotatable bonds is 6. The highest BCUT2D eigenvalue weighted by Crippen LogP contribution is 2.12. The molecule has 88 valence electrons. The van der Waals surface area contributed by atoms with Crippen LogP contribution in [0.25, 0.3) is 0 Å².